The van der Waals surface area contributed by atoms with Crippen molar-refractivity contribution in [1.29, 1.82) is 0 Å². The zero-order valence-corrected chi connectivity index (χ0v) is 17.1. The number of rotatable bonds is 7. The summed E-state index contributed by atoms with van der Waals surface area (Å²) in [5.74, 6) is 1.38. The number of carbonyl (C=O) groups is 2. The van der Waals surface area contributed by atoms with E-state index in [4.69, 9.17) is 4.74 Å². The molecule has 1 aromatic heterocycles. The maximum Gasteiger partial charge on any atom is 0.259 e. The highest BCUT2D eigenvalue weighted by Crippen LogP contribution is 2.27. The molecule has 0 radical (unpaired) electrons. The third-order valence-corrected chi connectivity index (χ3v) is 6.04. The number of aryl methyl sites for hydroxylation is 1. The fraction of sp³-hybridized carbons (Fsp3) is 0.421. The van der Waals surface area contributed by atoms with Crippen molar-refractivity contribution in [1.82, 2.24) is 15.2 Å². The molecular weight excluding hydrogens is 382 g/mol. The minimum Gasteiger partial charge on any atom is -0.493 e. The highest BCUT2D eigenvalue weighted by atomic mass is 32.2. The van der Waals surface area contributed by atoms with E-state index in [0.29, 0.717) is 42.5 Å². The van der Waals surface area contributed by atoms with Crippen molar-refractivity contribution >= 4 is 34.9 Å². The molecule has 0 spiro atoms. The standard InChI is InChI=1S/C19H23N3O3S2/c1-3-25-17-7-5-4-6-15(17)19(24)22-12-26-11-16(22)18(23)20-9-8-14-10-27-13(2)21-14/h4-7,10,16H,3,8-9,11-12H2,1-2H3,(H,20,23)/t16-/m1/s1. The van der Waals surface area contributed by atoms with E-state index in [1.807, 2.05) is 31.4 Å². The summed E-state index contributed by atoms with van der Waals surface area (Å²) in [4.78, 5) is 31.7. The number of carbonyl (C=O) groups excluding carboxylic acids is 2. The topological polar surface area (TPSA) is 71.5 Å². The second-order valence-electron chi connectivity index (χ2n) is 6.12. The first-order valence-corrected chi connectivity index (χ1v) is 10.9. The van der Waals surface area contributed by atoms with Crippen LogP contribution in [0.25, 0.3) is 0 Å². The number of aromatic nitrogens is 1. The number of hydrogen-bond acceptors (Lipinski definition) is 6. The van der Waals surface area contributed by atoms with Crippen molar-refractivity contribution in [2.75, 3.05) is 24.8 Å². The first-order chi connectivity index (χ1) is 13.1. The van der Waals surface area contributed by atoms with Crippen LogP contribution in [0.15, 0.2) is 29.6 Å². The molecule has 0 aliphatic carbocycles. The van der Waals surface area contributed by atoms with Crippen LogP contribution in [-0.4, -0.2) is 52.5 Å². The van der Waals surface area contributed by atoms with Gasteiger partial charge in [0.05, 0.1) is 28.7 Å². The van der Waals surface area contributed by atoms with E-state index in [-0.39, 0.29) is 11.8 Å². The summed E-state index contributed by atoms with van der Waals surface area (Å²) in [6.07, 6.45) is 0.692. The molecule has 1 aromatic carbocycles. The summed E-state index contributed by atoms with van der Waals surface area (Å²) >= 11 is 3.19. The molecule has 6 nitrogen and oxygen atoms in total. The maximum atomic E-state index is 13.0. The fourth-order valence-electron chi connectivity index (χ4n) is 2.89. The van der Waals surface area contributed by atoms with Crippen LogP contribution in [0.1, 0.15) is 28.0 Å². The van der Waals surface area contributed by atoms with Crippen LogP contribution in [0, 0.1) is 6.92 Å². The molecule has 1 atom stereocenters. The van der Waals surface area contributed by atoms with Gasteiger partial charge in [-0.05, 0) is 26.0 Å². The summed E-state index contributed by atoms with van der Waals surface area (Å²) in [6, 6.07) is 6.71. The van der Waals surface area contributed by atoms with E-state index in [2.05, 4.69) is 10.3 Å². The van der Waals surface area contributed by atoms with Gasteiger partial charge in [0.1, 0.15) is 11.8 Å². The van der Waals surface area contributed by atoms with Gasteiger partial charge in [-0.1, -0.05) is 12.1 Å². The molecule has 2 aromatic rings. The van der Waals surface area contributed by atoms with E-state index in [9.17, 15) is 9.59 Å². The molecule has 1 N–H and O–H groups in total. The molecule has 2 heterocycles. The Balaban J connectivity index is 1.62. The van der Waals surface area contributed by atoms with Crippen LogP contribution >= 0.6 is 23.1 Å². The first-order valence-electron chi connectivity index (χ1n) is 8.89. The Morgan fingerprint density at radius 3 is 2.93 bits per heavy atom. The van der Waals surface area contributed by atoms with E-state index in [0.717, 1.165) is 10.7 Å². The molecule has 2 amide bonds. The normalized spacial score (nSPS) is 16.4. The summed E-state index contributed by atoms with van der Waals surface area (Å²) < 4.78 is 5.57. The zero-order valence-electron chi connectivity index (χ0n) is 15.4. The Kier molecular flexibility index (Phi) is 6.73. The third-order valence-electron chi connectivity index (χ3n) is 4.21. The van der Waals surface area contributed by atoms with Gasteiger partial charge >= 0.3 is 0 Å². The van der Waals surface area contributed by atoms with Gasteiger partial charge in [0.2, 0.25) is 5.91 Å². The predicted molar refractivity (Wildman–Crippen MR) is 108 cm³/mol. The van der Waals surface area contributed by atoms with Gasteiger partial charge in [0.15, 0.2) is 0 Å². The lowest BCUT2D eigenvalue weighted by atomic mass is 10.1. The minimum atomic E-state index is -0.464. The van der Waals surface area contributed by atoms with Gasteiger partial charge in [-0.25, -0.2) is 4.98 Å². The van der Waals surface area contributed by atoms with Crippen LogP contribution in [0.2, 0.25) is 0 Å². The second-order valence-corrected chi connectivity index (χ2v) is 8.18. The number of nitrogens with one attached hydrogen (secondary N) is 1. The quantitative estimate of drug-likeness (QED) is 0.767. The highest BCUT2D eigenvalue weighted by Gasteiger charge is 2.35. The average molecular weight is 406 g/mol. The molecule has 8 heteroatoms. The van der Waals surface area contributed by atoms with Crippen molar-refractivity contribution in [3.05, 3.63) is 45.9 Å². The summed E-state index contributed by atoms with van der Waals surface area (Å²) in [6.45, 7) is 4.85. The highest BCUT2D eigenvalue weighted by molar-refractivity contribution is 7.99. The van der Waals surface area contributed by atoms with Gasteiger partial charge in [-0.2, -0.15) is 0 Å². The Bertz CT molecular complexity index is 809. The lowest BCUT2D eigenvalue weighted by molar-refractivity contribution is -0.124. The molecule has 0 unspecified atom stereocenters. The van der Waals surface area contributed by atoms with Crippen LogP contribution in [0.4, 0.5) is 0 Å². The number of ether oxygens (including phenoxy) is 1. The van der Waals surface area contributed by atoms with Crippen LogP contribution in [-0.2, 0) is 11.2 Å². The van der Waals surface area contributed by atoms with E-state index < -0.39 is 6.04 Å². The molecule has 27 heavy (non-hydrogen) atoms. The van der Waals surface area contributed by atoms with E-state index in [1.54, 1.807) is 40.1 Å². The van der Waals surface area contributed by atoms with Gasteiger partial charge < -0.3 is 15.0 Å². The molecule has 3 rings (SSSR count). The summed E-state index contributed by atoms with van der Waals surface area (Å²) in [5.41, 5.74) is 1.48. The van der Waals surface area contributed by atoms with Crippen molar-refractivity contribution < 1.29 is 14.3 Å². The van der Waals surface area contributed by atoms with Crippen LogP contribution in [0.5, 0.6) is 5.75 Å². The third kappa shape index (κ3) is 4.81. The Hall–Kier alpha value is -2.06. The number of para-hydroxylation sites is 1. The van der Waals surface area contributed by atoms with Crippen molar-refractivity contribution in [3.63, 3.8) is 0 Å². The molecule has 1 fully saturated rings. The Labute approximate surface area is 167 Å². The van der Waals surface area contributed by atoms with Crippen molar-refractivity contribution in [2.24, 2.45) is 0 Å². The Morgan fingerprint density at radius 1 is 1.37 bits per heavy atom. The van der Waals surface area contributed by atoms with Crippen molar-refractivity contribution in [2.45, 2.75) is 26.3 Å². The average Bonchev–Trinajstić information content (AvgIpc) is 3.31. The van der Waals surface area contributed by atoms with Crippen LogP contribution < -0.4 is 10.1 Å². The molecule has 1 aliphatic heterocycles. The monoisotopic (exact) mass is 405 g/mol. The number of amides is 2. The second kappa shape index (κ2) is 9.23. The van der Waals surface area contributed by atoms with E-state index >= 15 is 0 Å². The van der Waals surface area contributed by atoms with Gasteiger partial charge in [0.25, 0.3) is 5.91 Å². The molecule has 1 saturated heterocycles. The van der Waals surface area contributed by atoms with Gasteiger partial charge in [-0.15, -0.1) is 23.1 Å². The number of nitrogens with zero attached hydrogens (tertiary/aromatic N) is 2. The zero-order chi connectivity index (χ0) is 19.2. The maximum absolute atomic E-state index is 13.0. The molecule has 0 bridgehead atoms. The van der Waals surface area contributed by atoms with Crippen LogP contribution in [0.3, 0.4) is 0 Å². The summed E-state index contributed by atoms with van der Waals surface area (Å²) in [7, 11) is 0. The predicted octanol–water partition coefficient (Wildman–Crippen LogP) is 2.72. The minimum absolute atomic E-state index is 0.116. The van der Waals surface area contributed by atoms with Gasteiger partial charge in [-0.3, -0.25) is 9.59 Å². The Morgan fingerprint density at radius 2 is 2.19 bits per heavy atom. The number of benzene rings is 1. The smallest absolute Gasteiger partial charge is 0.259 e. The number of thioether (sulfide) groups is 1. The molecular formula is C19H23N3O3S2. The molecule has 1 aliphatic rings. The lowest BCUT2D eigenvalue weighted by Crippen LogP contribution is -2.47. The number of thiazole rings is 1. The summed E-state index contributed by atoms with van der Waals surface area (Å²) in [5, 5.41) is 5.97. The largest absolute Gasteiger partial charge is 0.493 e. The number of hydrogen-bond donors (Lipinski definition) is 1. The van der Waals surface area contributed by atoms with E-state index in [1.165, 1.54) is 0 Å². The molecule has 0 saturated carbocycles. The SMILES string of the molecule is CCOc1ccccc1C(=O)N1CSC[C@@H]1C(=O)NCCc1csc(C)n1. The molecule has 144 valence electrons. The van der Waals surface area contributed by atoms with Gasteiger partial charge in [0, 0.05) is 24.1 Å². The van der Waals surface area contributed by atoms with Crippen molar-refractivity contribution in [3.8, 4) is 5.75 Å². The fourth-order valence-corrected chi connectivity index (χ4v) is 4.70. The first kappa shape index (κ1) is 19.7. The lowest BCUT2D eigenvalue weighted by Gasteiger charge is -2.24.